The minimum Gasteiger partial charge on any atom is -0.449 e. The van der Waals surface area contributed by atoms with E-state index in [-0.39, 0.29) is 17.6 Å². The van der Waals surface area contributed by atoms with Gasteiger partial charge in [-0.05, 0) is 49.5 Å². The smallest absolute Gasteiger partial charge is 0.331 e. The van der Waals surface area contributed by atoms with E-state index in [1.807, 2.05) is 0 Å². The quantitative estimate of drug-likeness (QED) is 0.363. The van der Waals surface area contributed by atoms with Crippen LogP contribution in [0.4, 0.5) is 5.69 Å². The highest BCUT2D eigenvalue weighted by atomic mass is 16.6. The molecule has 1 aliphatic carbocycles. The van der Waals surface area contributed by atoms with Gasteiger partial charge in [-0.1, -0.05) is 19.8 Å². The lowest BCUT2D eigenvalue weighted by atomic mass is 9.86. The number of carbonyl (C=O) groups is 2. The molecule has 140 valence electrons. The number of ether oxygens (including phenoxy) is 1. The Morgan fingerprint density at radius 3 is 2.54 bits per heavy atom. The van der Waals surface area contributed by atoms with Crippen molar-refractivity contribution in [2.75, 3.05) is 0 Å². The summed E-state index contributed by atoms with van der Waals surface area (Å²) in [6.07, 6.45) is 6.14. The molecule has 1 saturated carbocycles. The zero-order chi connectivity index (χ0) is 19.1. The van der Waals surface area contributed by atoms with Gasteiger partial charge in [-0.25, -0.2) is 4.79 Å². The molecular weight excluding hydrogens is 336 g/mol. The molecule has 0 spiro atoms. The second-order valence-electron chi connectivity index (χ2n) is 6.64. The first-order valence-electron chi connectivity index (χ1n) is 8.80. The summed E-state index contributed by atoms with van der Waals surface area (Å²) in [4.78, 5) is 34.2. The van der Waals surface area contributed by atoms with E-state index in [9.17, 15) is 19.7 Å². The maximum Gasteiger partial charge on any atom is 0.331 e. The van der Waals surface area contributed by atoms with Crippen LogP contribution in [0.15, 0.2) is 30.3 Å². The van der Waals surface area contributed by atoms with Crippen molar-refractivity contribution in [3.63, 3.8) is 0 Å². The highest BCUT2D eigenvalue weighted by Gasteiger charge is 2.25. The van der Waals surface area contributed by atoms with Crippen LogP contribution in [0.1, 0.15) is 45.1 Å². The van der Waals surface area contributed by atoms with E-state index in [2.05, 4.69) is 12.2 Å². The average Bonchev–Trinajstić information content (AvgIpc) is 2.62. The number of hydrogen-bond donors (Lipinski definition) is 1. The van der Waals surface area contributed by atoms with Crippen molar-refractivity contribution in [2.24, 2.45) is 5.92 Å². The molecule has 1 fully saturated rings. The SMILES string of the molecule is C[C@@H](OC(=O)/C=C/c1ccc([N+](=O)[O-])cc1)C(=O)N[C@@H]1CCCC[C@@H]1C. The zero-order valence-electron chi connectivity index (χ0n) is 15.0. The topological polar surface area (TPSA) is 98.5 Å². The first kappa shape index (κ1) is 19.6. The van der Waals surface area contributed by atoms with Gasteiger partial charge in [0.05, 0.1) is 4.92 Å². The van der Waals surface area contributed by atoms with Crippen molar-refractivity contribution in [2.45, 2.75) is 51.7 Å². The van der Waals surface area contributed by atoms with Crippen LogP contribution >= 0.6 is 0 Å². The standard InChI is InChI=1S/C19H24N2O5/c1-13-5-3-4-6-17(13)20-19(23)14(2)26-18(22)12-9-15-7-10-16(11-8-15)21(24)25/h7-14,17H,3-6H2,1-2H3,(H,20,23)/b12-9+/t13-,14+,17+/m0/s1. The van der Waals surface area contributed by atoms with Crippen LogP contribution in [0.2, 0.25) is 0 Å². The maximum absolute atomic E-state index is 12.2. The lowest BCUT2D eigenvalue weighted by molar-refractivity contribution is -0.384. The van der Waals surface area contributed by atoms with Crippen LogP contribution in [0, 0.1) is 16.0 Å². The Morgan fingerprint density at radius 1 is 1.27 bits per heavy atom. The van der Waals surface area contributed by atoms with Crippen LogP contribution in [-0.4, -0.2) is 28.9 Å². The third kappa shape index (κ3) is 5.68. The number of nitro benzene ring substituents is 1. The van der Waals surface area contributed by atoms with Crippen molar-refractivity contribution < 1.29 is 19.2 Å². The molecule has 0 aliphatic heterocycles. The molecule has 0 saturated heterocycles. The summed E-state index contributed by atoms with van der Waals surface area (Å²) in [5.74, 6) is -0.499. The highest BCUT2D eigenvalue weighted by molar-refractivity contribution is 5.90. The lowest BCUT2D eigenvalue weighted by Gasteiger charge is -2.30. The summed E-state index contributed by atoms with van der Waals surface area (Å²) in [5.41, 5.74) is 0.604. The van der Waals surface area contributed by atoms with E-state index in [1.54, 1.807) is 6.92 Å². The fraction of sp³-hybridized carbons (Fsp3) is 0.474. The van der Waals surface area contributed by atoms with Crippen molar-refractivity contribution in [3.05, 3.63) is 46.0 Å². The van der Waals surface area contributed by atoms with Gasteiger partial charge in [-0.15, -0.1) is 0 Å². The number of hydrogen-bond acceptors (Lipinski definition) is 5. The number of rotatable bonds is 6. The van der Waals surface area contributed by atoms with Crippen molar-refractivity contribution in [3.8, 4) is 0 Å². The minimum atomic E-state index is -0.877. The van der Waals surface area contributed by atoms with Crippen molar-refractivity contribution in [1.29, 1.82) is 0 Å². The largest absolute Gasteiger partial charge is 0.449 e. The first-order chi connectivity index (χ1) is 12.4. The van der Waals surface area contributed by atoms with Gasteiger partial charge in [0.2, 0.25) is 0 Å². The molecule has 26 heavy (non-hydrogen) atoms. The Bertz CT molecular complexity index is 684. The third-order valence-corrected chi connectivity index (χ3v) is 4.62. The molecule has 0 aromatic heterocycles. The molecule has 2 rings (SSSR count). The van der Waals surface area contributed by atoms with E-state index in [4.69, 9.17) is 4.74 Å². The van der Waals surface area contributed by atoms with E-state index < -0.39 is 17.0 Å². The van der Waals surface area contributed by atoms with Gasteiger partial charge in [0.15, 0.2) is 6.10 Å². The number of nitrogens with zero attached hydrogens (tertiary/aromatic N) is 1. The second-order valence-corrected chi connectivity index (χ2v) is 6.64. The van der Waals surface area contributed by atoms with Gasteiger partial charge < -0.3 is 10.1 Å². The molecule has 1 aliphatic rings. The number of benzene rings is 1. The Kier molecular flexibility index (Phi) is 6.89. The number of nitrogens with one attached hydrogen (secondary N) is 1. The molecule has 1 amide bonds. The molecule has 7 nitrogen and oxygen atoms in total. The summed E-state index contributed by atoms with van der Waals surface area (Å²) >= 11 is 0. The van der Waals surface area contributed by atoms with Gasteiger partial charge in [0.1, 0.15) is 0 Å². The van der Waals surface area contributed by atoms with Crippen LogP contribution in [0.3, 0.4) is 0 Å². The Labute approximate surface area is 152 Å². The number of nitro groups is 1. The van der Waals surface area contributed by atoms with Crippen molar-refractivity contribution >= 4 is 23.6 Å². The average molecular weight is 360 g/mol. The van der Waals surface area contributed by atoms with E-state index >= 15 is 0 Å². The van der Waals surface area contributed by atoms with Crippen LogP contribution in [0.25, 0.3) is 6.08 Å². The zero-order valence-corrected chi connectivity index (χ0v) is 15.0. The van der Waals surface area contributed by atoms with Gasteiger partial charge in [0, 0.05) is 24.3 Å². The molecule has 1 aromatic rings. The number of amides is 1. The summed E-state index contributed by atoms with van der Waals surface area (Å²) in [6, 6.07) is 5.90. The fourth-order valence-corrected chi connectivity index (χ4v) is 2.97. The fourth-order valence-electron chi connectivity index (χ4n) is 2.97. The normalized spacial score (nSPS) is 21.2. The molecule has 0 unspecified atom stereocenters. The Hall–Kier alpha value is -2.70. The van der Waals surface area contributed by atoms with E-state index in [0.717, 1.165) is 19.3 Å². The lowest BCUT2D eigenvalue weighted by Crippen LogP contribution is -2.45. The van der Waals surface area contributed by atoms with E-state index in [0.29, 0.717) is 11.5 Å². The Morgan fingerprint density at radius 2 is 1.92 bits per heavy atom. The Balaban J connectivity index is 1.83. The third-order valence-electron chi connectivity index (χ3n) is 4.62. The molecule has 7 heteroatoms. The molecule has 0 radical (unpaired) electrons. The van der Waals surface area contributed by atoms with Gasteiger partial charge in [0.25, 0.3) is 11.6 Å². The monoisotopic (exact) mass is 360 g/mol. The minimum absolute atomic E-state index is 0.0213. The van der Waals surface area contributed by atoms with Gasteiger partial charge in [-0.2, -0.15) is 0 Å². The molecule has 1 N–H and O–H groups in total. The molecular formula is C19H24N2O5. The summed E-state index contributed by atoms with van der Waals surface area (Å²) < 4.78 is 5.13. The molecule has 1 aromatic carbocycles. The summed E-state index contributed by atoms with van der Waals surface area (Å²) in [5, 5.41) is 13.6. The molecule has 3 atom stereocenters. The summed E-state index contributed by atoms with van der Waals surface area (Å²) in [7, 11) is 0. The number of esters is 1. The summed E-state index contributed by atoms with van der Waals surface area (Å²) in [6.45, 7) is 3.66. The predicted molar refractivity (Wildman–Crippen MR) is 97.2 cm³/mol. The highest BCUT2D eigenvalue weighted by Crippen LogP contribution is 2.23. The van der Waals surface area contributed by atoms with Crippen molar-refractivity contribution in [1.82, 2.24) is 5.32 Å². The van der Waals surface area contributed by atoms with Gasteiger partial charge in [-0.3, -0.25) is 14.9 Å². The predicted octanol–water partition coefficient (Wildman–Crippen LogP) is 3.23. The number of carbonyl (C=O) groups excluding carboxylic acids is 2. The number of non-ortho nitro benzene ring substituents is 1. The second kappa shape index (κ2) is 9.12. The van der Waals surface area contributed by atoms with E-state index in [1.165, 1.54) is 42.8 Å². The van der Waals surface area contributed by atoms with Crippen LogP contribution in [-0.2, 0) is 14.3 Å². The van der Waals surface area contributed by atoms with Crippen LogP contribution in [0.5, 0.6) is 0 Å². The molecule has 0 bridgehead atoms. The van der Waals surface area contributed by atoms with Crippen LogP contribution < -0.4 is 5.32 Å². The van der Waals surface area contributed by atoms with Gasteiger partial charge >= 0.3 is 5.97 Å². The first-order valence-corrected chi connectivity index (χ1v) is 8.80. The maximum atomic E-state index is 12.2. The molecule has 0 heterocycles.